The molecule has 1 atom stereocenters. The quantitative estimate of drug-likeness (QED) is 0.816. The van der Waals surface area contributed by atoms with Crippen LogP contribution in [0, 0.1) is 5.92 Å². The van der Waals surface area contributed by atoms with Crippen molar-refractivity contribution in [2.24, 2.45) is 5.92 Å². The van der Waals surface area contributed by atoms with Crippen LogP contribution in [0.2, 0.25) is 0 Å². The predicted molar refractivity (Wildman–Crippen MR) is 103 cm³/mol. The first kappa shape index (κ1) is 18.0. The Labute approximate surface area is 159 Å². The second-order valence-corrected chi connectivity index (χ2v) is 8.68. The Kier molecular flexibility index (Phi) is 5.60. The lowest BCUT2D eigenvalue weighted by Gasteiger charge is -2.42. The number of hydrogen-bond donors (Lipinski definition) is 0. The van der Waals surface area contributed by atoms with Crippen LogP contribution in [-0.2, 0) is 4.79 Å². The minimum absolute atomic E-state index is 0.172. The molecule has 0 aromatic carbocycles. The van der Waals surface area contributed by atoms with Crippen LogP contribution in [0.25, 0.3) is 0 Å². The number of hydrogen-bond acceptors (Lipinski definition) is 4. The summed E-state index contributed by atoms with van der Waals surface area (Å²) in [6.07, 6.45) is 6.55. The largest absolute Gasteiger partial charge is 0.342 e. The van der Waals surface area contributed by atoms with E-state index < -0.39 is 0 Å². The molecule has 0 saturated carbocycles. The Hall–Kier alpha value is -1.40. The van der Waals surface area contributed by atoms with Crippen molar-refractivity contribution in [3.63, 3.8) is 0 Å². The summed E-state index contributed by atoms with van der Waals surface area (Å²) in [5, 5.41) is 3.90. The summed E-state index contributed by atoms with van der Waals surface area (Å²) in [5.74, 6) is 0.745. The topological polar surface area (TPSA) is 43.9 Å². The highest BCUT2D eigenvalue weighted by molar-refractivity contribution is 7.08. The van der Waals surface area contributed by atoms with E-state index in [0.29, 0.717) is 11.9 Å². The van der Waals surface area contributed by atoms with Crippen molar-refractivity contribution in [1.82, 2.24) is 14.7 Å². The van der Waals surface area contributed by atoms with Crippen molar-refractivity contribution in [3.8, 4) is 0 Å². The SMILES string of the molecule is O=C(c1ccsc1)N1CCC(N2CCCC(C(=O)N3CCCC3)C2)CC1. The summed E-state index contributed by atoms with van der Waals surface area (Å²) in [6.45, 7) is 5.60. The van der Waals surface area contributed by atoms with Gasteiger partial charge in [-0.15, -0.1) is 0 Å². The van der Waals surface area contributed by atoms with E-state index in [9.17, 15) is 9.59 Å². The van der Waals surface area contributed by atoms with E-state index in [1.54, 1.807) is 11.3 Å². The molecular weight excluding hydrogens is 346 g/mol. The Bertz CT molecular complexity index is 619. The third-order valence-electron chi connectivity index (χ3n) is 6.26. The third kappa shape index (κ3) is 3.81. The predicted octanol–water partition coefficient (Wildman–Crippen LogP) is 2.69. The van der Waals surface area contributed by atoms with Crippen LogP contribution >= 0.6 is 11.3 Å². The summed E-state index contributed by atoms with van der Waals surface area (Å²) in [4.78, 5) is 31.9. The zero-order valence-corrected chi connectivity index (χ0v) is 16.3. The molecule has 0 bridgehead atoms. The number of carbonyl (C=O) groups excluding carboxylic acids is 2. The summed E-state index contributed by atoms with van der Waals surface area (Å²) >= 11 is 1.58. The Morgan fingerprint density at radius 2 is 1.69 bits per heavy atom. The molecule has 3 fully saturated rings. The molecule has 0 radical (unpaired) electrons. The first-order chi connectivity index (χ1) is 12.7. The van der Waals surface area contributed by atoms with Gasteiger partial charge in [0.05, 0.1) is 11.5 Å². The van der Waals surface area contributed by atoms with Gasteiger partial charge in [0.2, 0.25) is 5.91 Å². The van der Waals surface area contributed by atoms with Crippen molar-refractivity contribution in [3.05, 3.63) is 22.4 Å². The Morgan fingerprint density at radius 1 is 0.923 bits per heavy atom. The lowest BCUT2D eigenvalue weighted by atomic mass is 9.93. The molecule has 2 amide bonds. The average molecular weight is 376 g/mol. The second-order valence-electron chi connectivity index (χ2n) is 7.90. The standard InChI is InChI=1S/C20H29N3O2S/c24-19(21-8-1-2-9-21)16-4-3-10-23(14-16)18-5-11-22(12-6-18)20(25)17-7-13-26-15-17/h7,13,15-16,18H,1-6,8-12,14H2. The van der Waals surface area contributed by atoms with Crippen molar-refractivity contribution in [2.75, 3.05) is 39.3 Å². The summed E-state index contributed by atoms with van der Waals surface area (Å²) in [7, 11) is 0. The first-order valence-electron chi connectivity index (χ1n) is 10.1. The van der Waals surface area contributed by atoms with Gasteiger partial charge in [-0.3, -0.25) is 14.5 Å². The number of thiophene rings is 1. The van der Waals surface area contributed by atoms with Gasteiger partial charge in [-0.05, 0) is 56.5 Å². The van der Waals surface area contributed by atoms with Crippen LogP contribution in [-0.4, -0.2) is 71.8 Å². The Balaban J connectivity index is 1.30. The van der Waals surface area contributed by atoms with Gasteiger partial charge in [0.25, 0.3) is 5.91 Å². The fourth-order valence-electron chi connectivity index (χ4n) is 4.74. The van der Waals surface area contributed by atoms with Crippen LogP contribution in [0.3, 0.4) is 0 Å². The minimum atomic E-state index is 0.172. The van der Waals surface area contributed by atoms with Gasteiger partial charge in [-0.2, -0.15) is 11.3 Å². The summed E-state index contributed by atoms with van der Waals surface area (Å²) < 4.78 is 0. The molecule has 3 aliphatic rings. The maximum Gasteiger partial charge on any atom is 0.254 e. The highest BCUT2D eigenvalue weighted by Crippen LogP contribution is 2.26. The highest BCUT2D eigenvalue weighted by Gasteiger charge is 2.34. The van der Waals surface area contributed by atoms with E-state index in [0.717, 1.165) is 70.5 Å². The number of piperidine rings is 2. The van der Waals surface area contributed by atoms with Gasteiger partial charge in [0.15, 0.2) is 0 Å². The zero-order valence-electron chi connectivity index (χ0n) is 15.4. The van der Waals surface area contributed by atoms with Crippen molar-refractivity contribution in [1.29, 1.82) is 0 Å². The molecule has 3 aliphatic heterocycles. The van der Waals surface area contributed by atoms with Gasteiger partial charge in [-0.25, -0.2) is 0 Å². The summed E-state index contributed by atoms with van der Waals surface area (Å²) in [6, 6.07) is 2.44. The van der Waals surface area contributed by atoms with Crippen LogP contribution in [0.15, 0.2) is 16.8 Å². The number of likely N-dealkylation sites (tertiary alicyclic amines) is 3. The van der Waals surface area contributed by atoms with Gasteiger partial charge in [0, 0.05) is 44.1 Å². The molecule has 0 aliphatic carbocycles. The van der Waals surface area contributed by atoms with E-state index >= 15 is 0 Å². The molecule has 0 spiro atoms. The molecule has 1 aromatic heterocycles. The van der Waals surface area contributed by atoms with Crippen LogP contribution < -0.4 is 0 Å². The van der Waals surface area contributed by atoms with Gasteiger partial charge >= 0.3 is 0 Å². The van der Waals surface area contributed by atoms with E-state index in [2.05, 4.69) is 9.80 Å². The average Bonchev–Trinajstić information content (AvgIpc) is 3.41. The molecule has 0 N–H and O–H groups in total. The summed E-state index contributed by atoms with van der Waals surface area (Å²) in [5.41, 5.74) is 0.822. The third-order valence-corrected chi connectivity index (χ3v) is 6.94. The van der Waals surface area contributed by atoms with Gasteiger partial charge in [0.1, 0.15) is 0 Å². The monoisotopic (exact) mass is 375 g/mol. The van der Waals surface area contributed by atoms with Gasteiger partial charge in [-0.1, -0.05) is 0 Å². The molecule has 3 saturated heterocycles. The molecule has 142 valence electrons. The van der Waals surface area contributed by atoms with Crippen LogP contribution in [0.4, 0.5) is 0 Å². The number of rotatable bonds is 3. The first-order valence-corrected chi connectivity index (χ1v) is 11.0. The van der Waals surface area contributed by atoms with E-state index in [-0.39, 0.29) is 11.8 Å². The van der Waals surface area contributed by atoms with Crippen molar-refractivity contribution < 1.29 is 9.59 Å². The maximum atomic E-state index is 12.7. The van der Waals surface area contributed by atoms with E-state index in [4.69, 9.17) is 0 Å². The Morgan fingerprint density at radius 3 is 2.38 bits per heavy atom. The molecule has 4 rings (SSSR count). The molecular formula is C20H29N3O2S. The molecule has 4 heterocycles. The molecule has 1 unspecified atom stereocenters. The maximum absolute atomic E-state index is 12.7. The van der Waals surface area contributed by atoms with E-state index in [1.807, 2.05) is 21.7 Å². The van der Waals surface area contributed by atoms with E-state index in [1.165, 1.54) is 12.8 Å². The number of amides is 2. The van der Waals surface area contributed by atoms with Crippen LogP contribution in [0.5, 0.6) is 0 Å². The van der Waals surface area contributed by atoms with Crippen molar-refractivity contribution in [2.45, 2.75) is 44.6 Å². The van der Waals surface area contributed by atoms with Crippen molar-refractivity contribution >= 4 is 23.2 Å². The fraction of sp³-hybridized carbons (Fsp3) is 0.700. The molecule has 26 heavy (non-hydrogen) atoms. The lowest BCUT2D eigenvalue weighted by molar-refractivity contribution is -0.136. The number of nitrogens with zero attached hydrogens (tertiary/aromatic N) is 3. The highest BCUT2D eigenvalue weighted by atomic mass is 32.1. The smallest absolute Gasteiger partial charge is 0.254 e. The minimum Gasteiger partial charge on any atom is -0.342 e. The lowest BCUT2D eigenvalue weighted by Crippen LogP contribution is -2.51. The normalized spacial score (nSPS) is 25.6. The molecule has 6 heteroatoms. The number of carbonyl (C=O) groups is 2. The molecule has 5 nitrogen and oxygen atoms in total. The zero-order chi connectivity index (χ0) is 17.9. The second kappa shape index (κ2) is 8.09. The fourth-order valence-corrected chi connectivity index (χ4v) is 5.37. The van der Waals surface area contributed by atoms with Gasteiger partial charge < -0.3 is 9.80 Å². The molecule has 1 aromatic rings. The van der Waals surface area contributed by atoms with Crippen LogP contribution in [0.1, 0.15) is 48.9 Å².